The number of carbonyl (C=O) groups is 2. The van der Waals surface area contributed by atoms with E-state index in [1.165, 1.54) is 83.5 Å². The summed E-state index contributed by atoms with van der Waals surface area (Å²) in [5.41, 5.74) is 0. The van der Waals surface area contributed by atoms with Crippen molar-refractivity contribution < 1.29 is 42.1 Å². The molecule has 0 aliphatic carbocycles. The van der Waals surface area contributed by atoms with Crippen molar-refractivity contribution in [3.05, 3.63) is 60.8 Å². The number of quaternary nitrogens is 1. The summed E-state index contributed by atoms with van der Waals surface area (Å²) < 4.78 is 34.3. The molecule has 0 saturated carbocycles. The second-order valence-corrected chi connectivity index (χ2v) is 18.6. The number of ether oxygens (including phenoxy) is 2. The summed E-state index contributed by atoms with van der Waals surface area (Å²) in [5.74, 6) is -0.806. The van der Waals surface area contributed by atoms with Crippen LogP contribution in [-0.4, -0.2) is 74.9 Å². The molecule has 60 heavy (non-hydrogen) atoms. The molecule has 9 nitrogen and oxygen atoms in total. The van der Waals surface area contributed by atoms with Crippen molar-refractivity contribution in [2.45, 2.75) is 200 Å². The molecule has 0 bridgehead atoms. The summed E-state index contributed by atoms with van der Waals surface area (Å²) >= 11 is 0. The molecule has 0 spiro atoms. The number of hydrogen-bond acceptors (Lipinski definition) is 7. The van der Waals surface area contributed by atoms with Gasteiger partial charge in [-0.15, -0.1) is 0 Å². The number of phosphoric ester groups is 1. The standard InChI is InChI=1S/C50H90NO8P/c1-6-8-10-12-14-16-18-19-20-21-22-23-24-25-26-27-28-29-30-31-33-35-37-39-41-43-50(53)59-48(47-58-60(54,55)57-45-44-51(3,4)5)46-56-49(52)42-40-38-36-34-32-17-15-13-11-9-7-2/h8,10,14,16,19-20,22-23,25-26,48H,6-7,9,11-13,15,17-18,21,24,27-47H2,1-5H3/p+1/b10-8-,16-14-,20-19-,23-22-,26-25-. The van der Waals surface area contributed by atoms with Crippen LogP contribution in [0.15, 0.2) is 60.8 Å². The van der Waals surface area contributed by atoms with Gasteiger partial charge in [-0.05, 0) is 57.8 Å². The van der Waals surface area contributed by atoms with Crippen molar-refractivity contribution in [1.29, 1.82) is 0 Å². The quantitative estimate of drug-likeness (QED) is 0.0212. The number of unbranched alkanes of at least 4 members (excludes halogenated alkanes) is 19. The van der Waals surface area contributed by atoms with Gasteiger partial charge in [-0.1, -0.05) is 184 Å². The van der Waals surface area contributed by atoms with Gasteiger partial charge in [0.1, 0.15) is 19.8 Å². The molecule has 0 aromatic rings. The predicted octanol–water partition coefficient (Wildman–Crippen LogP) is 14.0. The zero-order valence-corrected chi connectivity index (χ0v) is 40.1. The van der Waals surface area contributed by atoms with Gasteiger partial charge in [0.15, 0.2) is 6.10 Å². The van der Waals surface area contributed by atoms with Gasteiger partial charge in [0, 0.05) is 12.8 Å². The molecule has 0 aliphatic rings. The third kappa shape index (κ3) is 45.2. The fraction of sp³-hybridized carbons (Fsp3) is 0.760. The van der Waals surface area contributed by atoms with Crippen LogP contribution in [0.2, 0.25) is 0 Å². The van der Waals surface area contributed by atoms with Gasteiger partial charge in [0.25, 0.3) is 0 Å². The molecule has 10 heteroatoms. The van der Waals surface area contributed by atoms with Crippen molar-refractivity contribution in [3.8, 4) is 0 Å². The first-order valence-electron chi connectivity index (χ1n) is 24.0. The molecule has 348 valence electrons. The average Bonchev–Trinajstić information content (AvgIpc) is 3.20. The van der Waals surface area contributed by atoms with Gasteiger partial charge in [0.2, 0.25) is 0 Å². The molecule has 0 fully saturated rings. The van der Waals surface area contributed by atoms with Crippen molar-refractivity contribution in [2.75, 3.05) is 47.5 Å². The summed E-state index contributed by atoms with van der Waals surface area (Å²) in [7, 11) is 1.47. The Labute approximate surface area is 368 Å². The lowest BCUT2D eigenvalue weighted by molar-refractivity contribution is -0.870. The molecule has 0 amide bonds. The first-order valence-corrected chi connectivity index (χ1v) is 25.5. The Bertz CT molecular complexity index is 1210. The molecule has 0 aromatic carbocycles. The van der Waals surface area contributed by atoms with Gasteiger partial charge in [-0.3, -0.25) is 18.6 Å². The van der Waals surface area contributed by atoms with Crippen LogP contribution in [0.1, 0.15) is 194 Å². The Hall–Kier alpha value is -2.29. The second-order valence-electron chi connectivity index (χ2n) is 17.1. The van der Waals surface area contributed by atoms with Gasteiger partial charge >= 0.3 is 19.8 Å². The smallest absolute Gasteiger partial charge is 0.462 e. The summed E-state index contributed by atoms with van der Waals surface area (Å²) in [6.07, 6.45) is 51.3. The van der Waals surface area contributed by atoms with E-state index in [2.05, 4.69) is 74.6 Å². The van der Waals surface area contributed by atoms with E-state index in [0.29, 0.717) is 17.4 Å². The predicted molar refractivity (Wildman–Crippen MR) is 252 cm³/mol. The molecule has 0 aliphatic heterocycles. The lowest BCUT2D eigenvalue weighted by Crippen LogP contribution is -2.37. The van der Waals surface area contributed by atoms with Crippen LogP contribution in [0, 0.1) is 0 Å². The highest BCUT2D eigenvalue weighted by Crippen LogP contribution is 2.43. The first-order chi connectivity index (χ1) is 29.0. The third-order valence-corrected chi connectivity index (χ3v) is 11.0. The average molecular weight is 865 g/mol. The number of likely N-dealkylation sites (N-methyl/N-ethyl adjacent to an activating group) is 1. The highest BCUT2D eigenvalue weighted by atomic mass is 31.2. The van der Waals surface area contributed by atoms with Gasteiger partial charge in [0.05, 0.1) is 27.7 Å². The normalized spacial score (nSPS) is 14.0. The molecule has 0 radical (unpaired) electrons. The third-order valence-electron chi connectivity index (χ3n) is 10.1. The Morgan fingerprint density at radius 2 is 0.950 bits per heavy atom. The minimum absolute atomic E-state index is 0.0292. The number of esters is 2. The molecule has 1 N–H and O–H groups in total. The molecule has 2 unspecified atom stereocenters. The second kappa shape index (κ2) is 42.0. The van der Waals surface area contributed by atoms with Crippen molar-refractivity contribution in [2.24, 2.45) is 0 Å². The molecule has 0 heterocycles. The van der Waals surface area contributed by atoms with E-state index in [4.69, 9.17) is 18.5 Å². The molecule has 0 saturated heterocycles. The SMILES string of the molecule is CC/C=C\C/C=C\C/C=C\C/C=C\C/C=C\CCCCCCCCCCCC(=O)OC(COC(=O)CCCCCCCCCCCCC)COP(=O)(O)OCC[N+](C)(C)C. The van der Waals surface area contributed by atoms with Gasteiger partial charge in [-0.2, -0.15) is 0 Å². The van der Waals surface area contributed by atoms with E-state index in [1.807, 2.05) is 21.1 Å². The topological polar surface area (TPSA) is 108 Å². The summed E-state index contributed by atoms with van der Waals surface area (Å²) in [4.78, 5) is 35.4. The Balaban J connectivity index is 4.23. The number of nitrogens with zero attached hydrogens (tertiary/aromatic N) is 1. The van der Waals surface area contributed by atoms with Crippen LogP contribution in [0.25, 0.3) is 0 Å². The monoisotopic (exact) mass is 865 g/mol. The van der Waals surface area contributed by atoms with E-state index in [0.717, 1.165) is 77.0 Å². The number of hydrogen-bond donors (Lipinski definition) is 1. The van der Waals surface area contributed by atoms with Crippen molar-refractivity contribution in [1.82, 2.24) is 0 Å². The Morgan fingerprint density at radius 3 is 1.42 bits per heavy atom. The maximum atomic E-state index is 12.7. The molecule has 2 atom stereocenters. The summed E-state index contributed by atoms with van der Waals surface area (Å²) in [6.45, 7) is 4.29. The zero-order valence-electron chi connectivity index (χ0n) is 39.2. The van der Waals surface area contributed by atoms with Crippen LogP contribution in [-0.2, 0) is 32.7 Å². The lowest BCUT2D eigenvalue weighted by Gasteiger charge is -2.24. The van der Waals surface area contributed by atoms with E-state index in [9.17, 15) is 19.0 Å². The van der Waals surface area contributed by atoms with E-state index in [-0.39, 0.29) is 32.0 Å². The first kappa shape index (κ1) is 57.7. The molecule has 0 aromatic heterocycles. The summed E-state index contributed by atoms with van der Waals surface area (Å²) in [5, 5.41) is 0. The zero-order chi connectivity index (χ0) is 44.3. The minimum Gasteiger partial charge on any atom is -0.462 e. The van der Waals surface area contributed by atoms with Gasteiger partial charge < -0.3 is 18.9 Å². The molecule has 0 rings (SSSR count). The number of phosphoric acid groups is 1. The van der Waals surface area contributed by atoms with E-state index < -0.39 is 26.5 Å². The van der Waals surface area contributed by atoms with Crippen LogP contribution >= 0.6 is 7.82 Å². The number of rotatable bonds is 43. The fourth-order valence-corrected chi connectivity index (χ4v) is 7.08. The Kier molecular flexibility index (Phi) is 40.4. The fourth-order valence-electron chi connectivity index (χ4n) is 6.33. The highest BCUT2D eigenvalue weighted by Gasteiger charge is 2.27. The number of allylic oxidation sites excluding steroid dienone is 10. The minimum atomic E-state index is -4.38. The maximum Gasteiger partial charge on any atom is 0.472 e. The van der Waals surface area contributed by atoms with Gasteiger partial charge in [-0.25, -0.2) is 4.57 Å². The maximum absolute atomic E-state index is 12.7. The van der Waals surface area contributed by atoms with Crippen LogP contribution in [0.3, 0.4) is 0 Å². The van der Waals surface area contributed by atoms with E-state index in [1.54, 1.807) is 0 Å². The molecular weight excluding hydrogens is 774 g/mol. The van der Waals surface area contributed by atoms with Crippen LogP contribution in [0.4, 0.5) is 0 Å². The van der Waals surface area contributed by atoms with Crippen molar-refractivity contribution in [3.63, 3.8) is 0 Å². The van der Waals surface area contributed by atoms with E-state index >= 15 is 0 Å². The highest BCUT2D eigenvalue weighted by molar-refractivity contribution is 7.47. The number of carbonyl (C=O) groups excluding carboxylic acids is 2. The molecular formula is C50H91NO8P+. The van der Waals surface area contributed by atoms with Crippen LogP contribution < -0.4 is 0 Å². The van der Waals surface area contributed by atoms with Crippen molar-refractivity contribution >= 4 is 19.8 Å². The largest absolute Gasteiger partial charge is 0.472 e. The summed E-state index contributed by atoms with van der Waals surface area (Å²) in [6, 6.07) is 0. The van der Waals surface area contributed by atoms with Crippen LogP contribution in [0.5, 0.6) is 0 Å². The Morgan fingerprint density at radius 1 is 0.533 bits per heavy atom. The lowest BCUT2D eigenvalue weighted by atomic mass is 10.1.